The predicted molar refractivity (Wildman–Crippen MR) is 137 cm³/mol. The Bertz CT molecular complexity index is 1380. The van der Waals surface area contributed by atoms with Gasteiger partial charge in [-0.05, 0) is 54.7 Å². The lowest BCUT2D eigenvalue weighted by atomic mass is 10.1. The number of carbonyl (C=O) groups excluding carboxylic acids is 3. The molecule has 3 aromatic rings. The van der Waals surface area contributed by atoms with Crippen molar-refractivity contribution < 1.29 is 32.3 Å². The van der Waals surface area contributed by atoms with Gasteiger partial charge in [-0.3, -0.25) is 24.7 Å². The number of methoxy groups -OCH3 is 1. The lowest BCUT2D eigenvalue weighted by Crippen LogP contribution is -2.65. The average molecular weight is 543 g/mol. The molecule has 12 heteroatoms. The first-order valence-electron chi connectivity index (χ1n) is 11.2. The second-order valence-electron chi connectivity index (χ2n) is 8.18. The van der Waals surface area contributed by atoms with Crippen molar-refractivity contribution in [2.45, 2.75) is 18.6 Å². The van der Waals surface area contributed by atoms with E-state index in [1.54, 1.807) is 42.5 Å². The quantitative estimate of drug-likeness (QED) is 0.449. The van der Waals surface area contributed by atoms with E-state index in [2.05, 4.69) is 10.7 Å². The fourth-order valence-electron chi connectivity index (χ4n) is 3.80. The molecule has 1 fully saturated rings. The van der Waals surface area contributed by atoms with E-state index >= 15 is 0 Å². The average Bonchev–Trinajstić information content (AvgIpc) is 2.90. The largest absolute Gasteiger partial charge is 0.497 e. The van der Waals surface area contributed by atoms with Gasteiger partial charge < -0.3 is 10.1 Å². The second-order valence-corrected chi connectivity index (χ2v) is 8.54. The minimum atomic E-state index is -4.66. The third-order valence-electron chi connectivity index (χ3n) is 5.66. The van der Waals surface area contributed by atoms with E-state index in [-0.39, 0.29) is 16.4 Å². The monoisotopic (exact) mass is 542 g/mol. The van der Waals surface area contributed by atoms with Crippen molar-refractivity contribution in [2.75, 3.05) is 17.3 Å². The summed E-state index contributed by atoms with van der Waals surface area (Å²) < 4.78 is 45.1. The molecule has 4 rings (SSSR count). The van der Waals surface area contributed by atoms with Crippen molar-refractivity contribution in [3.63, 3.8) is 0 Å². The molecule has 2 N–H and O–H groups in total. The fraction of sp³-hybridized carbons (Fsp3) is 0.154. The molecule has 1 aliphatic rings. The van der Waals surface area contributed by atoms with Crippen LogP contribution in [0.4, 0.5) is 24.5 Å². The maximum Gasteiger partial charge on any atom is 0.416 e. The van der Waals surface area contributed by atoms with Crippen LogP contribution in [-0.2, 0) is 15.8 Å². The van der Waals surface area contributed by atoms with Gasteiger partial charge >= 0.3 is 6.18 Å². The number of hydrogen-bond donors (Lipinski definition) is 2. The van der Waals surface area contributed by atoms with Crippen molar-refractivity contribution in [3.8, 4) is 5.75 Å². The van der Waals surface area contributed by atoms with Crippen molar-refractivity contribution in [1.82, 2.24) is 10.4 Å². The van der Waals surface area contributed by atoms with Gasteiger partial charge in [-0.2, -0.15) is 13.2 Å². The Morgan fingerprint density at radius 3 is 2.39 bits per heavy atom. The maximum atomic E-state index is 13.3. The number of anilines is 2. The molecule has 0 saturated carbocycles. The molecule has 3 amide bonds. The van der Waals surface area contributed by atoms with Crippen LogP contribution in [0, 0.1) is 0 Å². The van der Waals surface area contributed by atoms with Crippen LogP contribution < -0.4 is 20.4 Å². The normalized spacial score (nSPS) is 15.7. The SMILES string of the molecule is COc1cccc(NC(=O)C2CC(=O)N(c3cccc(C(F)(F)F)c3)C(=S)N2NC(=O)c2ccccc2)c1. The Hall–Kier alpha value is -4.45. The lowest BCUT2D eigenvalue weighted by molar-refractivity contribution is -0.137. The minimum Gasteiger partial charge on any atom is -0.497 e. The highest BCUT2D eigenvalue weighted by molar-refractivity contribution is 7.80. The van der Waals surface area contributed by atoms with Crippen molar-refractivity contribution >= 4 is 46.4 Å². The van der Waals surface area contributed by atoms with Gasteiger partial charge in [0.2, 0.25) is 16.9 Å². The predicted octanol–water partition coefficient (Wildman–Crippen LogP) is 4.39. The highest BCUT2D eigenvalue weighted by Gasteiger charge is 2.42. The molecule has 8 nitrogen and oxygen atoms in total. The Morgan fingerprint density at radius 1 is 1.00 bits per heavy atom. The highest BCUT2D eigenvalue weighted by atomic mass is 32.1. The molecule has 0 aliphatic carbocycles. The Balaban J connectivity index is 1.68. The van der Waals surface area contributed by atoms with Crippen LogP contribution >= 0.6 is 12.2 Å². The number of hydrogen-bond acceptors (Lipinski definition) is 5. The minimum absolute atomic E-state index is 0.152. The molecule has 3 aromatic carbocycles. The van der Waals surface area contributed by atoms with E-state index in [1.807, 2.05) is 0 Å². The number of thiocarbonyl (C=S) groups is 1. The standard InChI is InChI=1S/C26H21F3N4O4S/c1-37-20-12-6-10-18(14-20)30-24(36)21-15-22(34)32(19-11-5-9-17(13-19)26(27,28)29)25(38)33(21)31-23(35)16-7-3-2-4-8-16/h2-14,21H,15H2,1H3,(H,30,36)(H,31,35). The zero-order valence-electron chi connectivity index (χ0n) is 19.9. The van der Waals surface area contributed by atoms with E-state index in [1.165, 1.54) is 25.3 Å². The number of rotatable bonds is 6. The smallest absolute Gasteiger partial charge is 0.416 e. The number of amides is 3. The number of alkyl halides is 3. The van der Waals surface area contributed by atoms with Gasteiger partial charge in [0.25, 0.3) is 5.91 Å². The van der Waals surface area contributed by atoms with Crippen molar-refractivity contribution in [3.05, 3.63) is 90.0 Å². The Labute approximate surface area is 221 Å². The molecule has 1 saturated heterocycles. The van der Waals surface area contributed by atoms with Crippen LogP contribution in [0.5, 0.6) is 5.75 Å². The van der Waals surface area contributed by atoms with Gasteiger partial charge in [0.15, 0.2) is 0 Å². The van der Waals surface area contributed by atoms with E-state index in [4.69, 9.17) is 17.0 Å². The summed E-state index contributed by atoms with van der Waals surface area (Å²) in [5.74, 6) is -1.55. The number of ether oxygens (including phenoxy) is 1. The van der Waals surface area contributed by atoms with Crippen LogP contribution in [0.25, 0.3) is 0 Å². The molecule has 0 bridgehead atoms. The third kappa shape index (κ3) is 5.75. The van der Waals surface area contributed by atoms with Crippen molar-refractivity contribution in [1.29, 1.82) is 0 Å². The summed E-state index contributed by atoms with van der Waals surface area (Å²) in [7, 11) is 1.46. The number of hydrazine groups is 1. The highest BCUT2D eigenvalue weighted by Crippen LogP contribution is 2.33. The number of carbonyl (C=O) groups is 3. The van der Waals surface area contributed by atoms with Gasteiger partial charge in [-0.1, -0.05) is 30.3 Å². The van der Waals surface area contributed by atoms with Gasteiger partial charge in [0.1, 0.15) is 11.8 Å². The first-order valence-corrected chi connectivity index (χ1v) is 11.6. The molecule has 1 heterocycles. The number of benzene rings is 3. The van der Waals surface area contributed by atoms with Gasteiger partial charge in [-0.15, -0.1) is 0 Å². The van der Waals surface area contributed by atoms with Crippen molar-refractivity contribution in [2.24, 2.45) is 0 Å². The summed E-state index contributed by atoms with van der Waals surface area (Å²) in [6.45, 7) is 0. The molecule has 1 aliphatic heterocycles. The summed E-state index contributed by atoms with van der Waals surface area (Å²) in [5, 5.41) is 3.31. The maximum absolute atomic E-state index is 13.3. The topological polar surface area (TPSA) is 91.0 Å². The second kappa shape index (κ2) is 10.9. The molecule has 38 heavy (non-hydrogen) atoms. The summed E-state index contributed by atoms with van der Waals surface area (Å²) in [5.41, 5.74) is 2.01. The van der Waals surface area contributed by atoms with Crippen LogP contribution in [-0.4, -0.2) is 41.0 Å². The Kier molecular flexibility index (Phi) is 7.62. The summed E-state index contributed by atoms with van der Waals surface area (Å²) in [4.78, 5) is 40.3. The third-order valence-corrected chi connectivity index (χ3v) is 6.04. The molecule has 1 atom stereocenters. The van der Waals surface area contributed by atoms with Gasteiger partial charge in [0, 0.05) is 17.3 Å². The number of nitrogens with one attached hydrogen (secondary N) is 2. The van der Waals surface area contributed by atoms with E-state index in [9.17, 15) is 27.6 Å². The summed E-state index contributed by atoms with van der Waals surface area (Å²) in [6, 6.07) is 17.3. The Morgan fingerprint density at radius 2 is 1.71 bits per heavy atom. The van der Waals surface area contributed by atoms with Crippen LogP contribution in [0.1, 0.15) is 22.3 Å². The van der Waals surface area contributed by atoms with Crippen LogP contribution in [0.3, 0.4) is 0 Å². The molecule has 0 aromatic heterocycles. The summed E-state index contributed by atoms with van der Waals surface area (Å²) in [6.07, 6.45) is -5.14. The van der Waals surface area contributed by atoms with E-state index < -0.39 is 41.9 Å². The van der Waals surface area contributed by atoms with Gasteiger partial charge in [0.05, 0.1) is 24.8 Å². The van der Waals surface area contributed by atoms with E-state index in [0.717, 1.165) is 28.1 Å². The molecular formula is C26H21F3N4O4S. The van der Waals surface area contributed by atoms with E-state index in [0.29, 0.717) is 11.4 Å². The summed E-state index contributed by atoms with van der Waals surface area (Å²) >= 11 is 5.45. The number of nitrogens with zero attached hydrogens (tertiary/aromatic N) is 2. The molecule has 196 valence electrons. The number of halogens is 3. The molecule has 1 unspecified atom stereocenters. The van der Waals surface area contributed by atoms with Crippen LogP contribution in [0.2, 0.25) is 0 Å². The molecular weight excluding hydrogens is 521 g/mol. The zero-order valence-corrected chi connectivity index (χ0v) is 20.7. The van der Waals surface area contributed by atoms with Crippen LogP contribution in [0.15, 0.2) is 78.9 Å². The molecule has 0 spiro atoms. The fourth-order valence-corrected chi connectivity index (χ4v) is 4.18. The zero-order chi connectivity index (χ0) is 27.4. The van der Waals surface area contributed by atoms with Gasteiger partial charge in [-0.25, -0.2) is 5.01 Å². The lowest BCUT2D eigenvalue weighted by Gasteiger charge is -2.41. The molecule has 0 radical (unpaired) electrons. The first-order chi connectivity index (χ1) is 18.1. The first kappa shape index (κ1) is 26.6.